The number of sulfonamides is 1. The van der Waals surface area contributed by atoms with Crippen molar-refractivity contribution in [1.29, 1.82) is 0 Å². The molecule has 6 nitrogen and oxygen atoms in total. The van der Waals surface area contributed by atoms with E-state index in [2.05, 4.69) is 14.9 Å². The first-order valence-electron chi connectivity index (χ1n) is 4.04. The molecule has 0 aromatic carbocycles. The third-order valence-electron chi connectivity index (χ3n) is 1.45. The second kappa shape index (κ2) is 4.20. The molecule has 0 aliphatic carbocycles. The maximum Gasteiger partial charge on any atom is 0.234 e. The number of hydrogen-bond donors (Lipinski definition) is 2. The van der Waals surface area contributed by atoms with Crippen molar-refractivity contribution in [1.82, 2.24) is 10.2 Å². The fourth-order valence-electron chi connectivity index (χ4n) is 0.665. The van der Waals surface area contributed by atoms with Gasteiger partial charge in [0.2, 0.25) is 15.2 Å². The molecule has 0 bridgehead atoms. The first kappa shape index (κ1) is 11.3. The SMILES string of the molecule is CCS(=O)(=O)Nc1nnc(C(C)N)s1. The van der Waals surface area contributed by atoms with Crippen LogP contribution in [0.5, 0.6) is 0 Å². The van der Waals surface area contributed by atoms with Crippen LogP contribution < -0.4 is 10.5 Å². The van der Waals surface area contributed by atoms with Crippen molar-refractivity contribution in [3.05, 3.63) is 5.01 Å². The van der Waals surface area contributed by atoms with Crippen molar-refractivity contribution < 1.29 is 8.42 Å². The fraction of sp³-hybridized carbons (Fsp3) is 0.667. The summed E-state index contributed by atoms with van der Waals surface area (Å²) in [5, 5.41) is 8.29. The molecule has 0 aliphatic heterocycles. The summed E-state index contributed by atoms with van der Waals surface area (Å²) in [7, 11) is -3.27. The molecule has 0 radical (unpaired) electrons. The van der Waals surface area contributed by atoms with Gasteiger partial charge in [0, 0.05) is 0 Å². The van der Waals surface area contributed by atoms with E-state index in [0.29, 0.717) is 5.01 Å². The molecule has 1 atom stereocenters. The maximum atomic E-state index is 11.1. The maximum absolute atomic E-state index is 11.1. The number of rotatable bonds is 4. The molecule has 0 fully saturated rings. The Morgan fingerprint density at radius 2 is 2.21 bits per heavy atom. The van der Waals surface area contributed by atoms with Gasteiger partial charge in [-0.25, -0.2) is 8.42 Å². The van der Waals surface area contributed by atoms with Gasteiger partial charge < -0.3 is 5.73 Å². The fourth-order valence-corrected chi connectivity index (χ4v) is 2.21. The van der Waals surface area contributed by atoms with Gasteiger partial charge in [0.25, 0.3) is 0 Å². The first-order valence-corrected chi connectivity index (χ1v) is 6.51. The Labute approximate surface area is 86.6 Å². The van der Waals surface area contributed by atoms with E-state index in [-0.39, 0.29) is 16.9 Å². The van der Waals surface area contributed by atoms with E-state index in [1.165, 1.54) is 0 Å². The predicted octanol–water partition coefficient (Wildman–Crippen LogP) is 0.319. The minimum atomic E-state index is -3.27. The Balaban J connectivity index is 2.79. The summed E-state index contributed by atoms with van der Waals surface area (Å²) in [5.74, 6) is 0.0140. The zero-order valence-electron chi connectivity index (χ0n) is 7.89. The molecular formula is C6H12N4O2S2. The van der Waals surface area contributed by atoms with Gasteiger partial charge in [0.05, 0.1) is 11.8 Å². The molecule has 14 heavy (non-hydrogen) atoms. The lowest BCUT2D eigenvalue weighted by Gasteiger charge is -1.99. The average molecular weight is 236 g/mol. The lowest BCUT2D eigenvalue weighted by molar-refractivity contribution is 0.602. The van der Waals surface area contributed by atoms with Crippen molar-refractivity contribution in [2.75, 3.05) is 10.5 Å². The number of nitrogens with one attached hydrogen (secondary N) is 1. The quantitative estimate of drug-likeness (QED) is 0.784. The summed E-state index contributed by atoms with van der Waals surface area (Å²) >= 11 is 1.15. The standard InChI is InChI=1S/C6H12N4O2S2/c1-3-14(11,12)10-6-9-8-5(13-6)4(2)7/h4H,3,7H2,1-2H3,(H,9,10). The van der Waals surface area contributed by atoms with Crippen molar-refractivity contribution in [3.8, 4) is 0 Å². The van der Waals surface area contributed by atoms with Crippen LogP contribution in [0, 0.1) is 0 Å². The Kier molecular flexibility index (Phi) is 3.40. The van der Waals surface area contributed by atoms with E-state index in [0.717, 1.165) is 11.3 Å². The highest BCUT2D eigenvalue weighted by Gasteiger charge is 2.12. The number of nitrogens with two attached hydrogens (primary N) is 1. The summed E-state index contributed by atoms with van der Waals surface area (Å²) in [6.07, 6.45) is 0. The van der Waals surface area contributed by atoms with Crippen molar-refractivity contribution in [2.45, 2.75) is 19.9 Å². The van der Waals surface area contributed by atoms with Crippen LogP contribution in [-0.2, 0) is 10.0 Å². The van der Waals surface area contributed by atoms with E-state index >= 15 is 0 Å². The molecule has 1 aromatic rings. The molecule has 8 heteroatoms. The van der Waals surface area contributed by atoms with Crippen LogP contribution >= 0.6 is 11.3 Å². The van der Waals surface area contributed by atoms with Crippen LogP contribution in [0.15, 0.2) is 0 Å². The normalized spacial score (nSPS) is 13.9. The largest absolute Gasteiger partial charge is 0.322 e. The molecule has 0 saturated carbocycles. The highest BCUT2D eigenvalue weighted by molar-refractivity contribution is 7.92. The molecule has 0 aliphatic rings. The Hall–Kier alpha value is -0.730. The van der Waals surface area contributed by atoms with Crippen LogP contribution in [0.2, 0.25) is 0 Å². The van der Waals surface area contributed by atoms with E-state index in [4.69, 9.17) is 5.73 Å². The predicted molar refractivity (Wildman–Crippen MR) is 55.6 cm³/mol. The zero-order valence-corrected chi connectivity index (χ0v) is 9.52. The van der Waals surface area contributed by atoms with Crippen molar-refractivity contribution >= 4 is 26.5 Å². The van der Waals surface area contributed by atoms with Gasteiger partial charge in [-0.1, -0.05) is 11.3 Å². The first-order chi connectivity index (χ1) is 6.44. The van der Waals surface area contributed by atoms with Crippen LogP contribution in [0.1, 0.15) is 24.9 Å². The zero-order chi connectivity index (χ0) is 10.8. The summed E-state index contributed by atoms with van der Waals surface area (Å²) in [6.45, 7) is 3.31. The minimum Gasteiger partial charge on any atom is -0.322 e. The highest BCUT2D eigenvalue weighted by Crippen LogP contribution is 2.20. The van der Waals surface area contributed by atoms with Gasteiger partial charge in [0.1, 0.15) is 5.01 Å². The van der Waals surface area contributed by atoms with E-state index in [1.807, 2.05) is 0 Å². The lowest BCUT2D eigenvalue weighted by Crippen LogP contribution is -2.14. The smallest absolute Gasteiger partial charge is 0.234 e. The van der Waals surface area contributed by atoms with E-state index in [9.17, 15) is 8.42 Å². The molecule has 0 amide bonds. The second-order valence-electron chi connectivity index (χ2n) is 2.74. The van der Waals surface area contributed by atoms with Crippen LogP contribution in [0.25, 0.3) is 0 Å². The van der Waals surface area contributed by atoms with Gasteiger partial charge in [-0.2, -0.15) is 0 Å². The number of anilines is 1. The number of nitrogens with zero attached hydrogens (tertiary/aromatic N) is 2. The third kappa shape index (κ3) is 2.89. The van der Waals surface area contributed by atoms with Gasteiger partial charge in [0.15, 0.2) is 0 Å². The third-order valence-corrected chi connectivity index (χ3v) is 3.89. The van der Waals surface area contributed by atoms with E-state index < -0.39 is 10.0 Å². The molecule has 1 unspecified atom stereocenters. The van der Waals surface area contributed by atoms with Crippen LogP contribution in [0.4, 0.5) is 5.13 Å². The molecule has 1 rings (SSSR count). The van der Waals surface area contributed by atoms with Gasteiger partial charge in [-0.15, -0.1) is 10.2 Å². The molecule has 1 aromatic heterocycles. The molecule has 3 N–H and O–H groups in total. The summed E-state index contributed by atoms with van der Waals surface area (Å²) in [4.78, 5) is 0. The Bertz CT molecular complexity index is 398. The number of aromatic nitrogens is 2. The average Bonchev–Trinajstić information content (AvgIpc) is 2.52. The van der Waals surface area contributed by atoms with Crippen molar-refractivity contribution in [3.63, 3.8) is 0 Å². The number of hydrogen-bond acceptors (Lipinski definition) is 6. The summed E-state index contributed by atoms with van der Waals surface area (Å²) in [5.41, 5.74) is 5.55. The highest BCUT2D eigenvalue weighted by atomic mass is 32.2. The topological polar surface area (TPSA) is 98.0 Å². The molecular weight excluding hydrogens is 224 g/mol. The Morgan fingerprint density at radius 1 is 1.57 bits per heavy atom. The van der Waals surface area contributed by atoms with Crippen LogP contribution in [0.3, 0.4) is 0 Å². The minimum absolute atomic E-state index is 0.0140. The molecule has 1 heterocycles. The Morgan fingerprint density at radius 3 is 2.64 bits per heavy atom. The lowest BCUT2D eigenvalue weighted by atomic mass is 10.4. The summed E-state index contributed by atoms with van der Waals surface area (Å²) in [6, 6.07) is -0.229. The van der Waals surface area contributed by atoms with Crippen LogP contribution in [-0.4, -0.2) is 24.4 Å². The monoisotopic (exact) mass is 236 g/mol. The van der Waals surface area contributed by atoms with Gasteiger partial charge in [-0.3, -0.25) is 4.72 Å². The van der Waals surface area contributed by atoms with Gasteiger partial charge >= 0.3 is 0 Å². The second-order valence-corrected chi connectivity index (χ2v) is 5.76. The molecule has 0 spiro atoms. The van der Waals surface area contributed by atoms with Gasteiger partial charge in [-0.05, 0) is 13.8 Å². The molecule has 80 valence electrons. The molecule has 0 saturated heterocycles. The van der Waals surface area contributed by atoms with E-state index in [1.54, 1.807) is 13.8 Å². The van der Waals surface area contributed by atoms with Crippen molar-refractivity contribution in [2.24, 2.45) is 5.73 Å². The summed E-state index contributed by atoms with van der Waals surface area (Å²) < 4.78 is 24.6.